The van der Waals surface area contributed by atoms with E-state index in [2.05, 4.69) is 47.6 Å². The molecule has 0 bridgehead atoms. The van der Waals surface area contributed by atoms with Crippen molar-refractivity contribution in [3.63, 3.8) is 0 Å². The molecule has 6 nitrogen and oxygen atoms in total. The van der Waals surface area contributed by atoms with Crippen LogP contribution >= 0.6 is 15.9 Å². The van der Waals surface area contributed by atoms with E-state index in [9.17, 15) is 0 Å². The first kappa shape index (κ1) is 16.2. The first-order valence-corrected chi connectivity index (χ1v) is 9.03. The number of nitrogens with one attached hydrogen (secondary N) is 2. The standard InChI is InChI=1S/C18H18BrN5O/c19-14-10-21-11-17(18(14)25-13-3-4-20-9-13)24-8-12-1-2-15-16(7-12)23-6-5-22-15/h1-2,5-7,10-11,13,20,24H,3-4,8-9H2/t13-/m1/s1. The molecule has 0 amide bonds. The molecular weight excluding hydrogens is 382 g/mol. The van der Waals surface area contributed by atoms with Crippen LogP contribution in [0.15, 0.2) is 47.5 Å². The van der Waals surface area contributed by atoms with Crippen LogP contribution in [0.5, 0.6) is 5.75 Å². The highest BCUT2D eigenvalue weighted by Crippen LogP contribution is 2.34. The summed E-state index contributed by atoms with van der Waals surface area (Å²) in [6.45, 7) is 2.52. The van der Waals surface area contributed by atoms with Crippen LogP contribution in [0.2, 0.25) is 0 Å². The van der Waals surface area contributed by atoms with Gasteiger partial charge >= 0.3 is 0 Å². The highest BCUT2D eigenvalue weighted by molar-refractivity contribution is 9.10. The Morgan fingerprint density at radius 3 is 2.92 bits per heavy atom. The van der Waals surface area contributed by atoms with E-state index in [-0.39, 0.29) is 6.10 Å². The first-order chi connectivity index (χ1) is 12.3. The van der Waals surface area contributed by atoms with Crippen LogP contribution in [0.4, 0.5) is 5.69 Å². The van der Waals surface area contributed by atoms with Crippen molar-refractivity contribution in [1.29, 1.82) is 0 Å². The van der Waals surface area contributed by atoms with Crippen LogP contribution in [0.1, 0.15) is 12.0 Å². The van der Waals surface area contributed by atoms with Gasteiger partial charge in [-0.3, -0.25) is 15.0 Å². The van der Waals surface area contributed by atoms with E-state index < -0.39 is 0 Å². The van der Waals surface area contributed by atoms with E-state index in [1.165, 1.54) is 0 Å². The molecule has 2 N–H and O–H groups in total. The molecule has 0 spiro atoms. The molecule has 0 aliphatic carbocycles. The van der Waals surface area contributed by atoms with Gasteiger partial charge in [0.1, 0.15) is 6.10 Å². The van der Waals surface area contributed by atoms with Gasteiger partial charge in [-0.05, 0) is 46.6 Å². The zero-order valence-electron chi connectivity index (χ0n) is 13.6. The molecule has 2 aromatic heterocycles. The fourth-order valence-electron chi connectivity index (χ4n) is 2.88. The average molecular weight is 400 g/mol. The van der Waals surface area contributed by atoms with Crippen molar-refractivity contribution in [2.75, 3.05) is 18.4 Å². The summed E-state index contributed by atoms with van der Waals surface area (Å²) >= 11 is 3.55. The third kappa shape index (κ3) is 3.72. The highest BCUT2D eigenvalue weighted by Gasteiger charge is 2.19. The summed E-state index contributed by atoms with van der Waals surface area (Å²) < 4.78 is 7.02. The second kappa shape index (κ2) is 7.33. The zero-order chi connectivity index (χ0) is 17.1. The lowest BCUT2D eigenvalue weighted by Gasteiger charge is -2.18. The third-order valence-electron chi connectivity index (χ3n) is 4.17. The van der Waals surface area contributed by atoms with E-state index in [1.54, 1.807) is 24.8 Å². The summed E-state index contributed by atoms with van der Waals surface area (Å²) in [6.07, 6.45) is 8.17. The molecule has 128 valence electrons. The second-order valence-corrected chi connectivity index (χ2v) is 6.82. The zero-order valence-corrected chi connectivity index (χ0v) is 15.2. The normalized spacial score (nSPS) is 16.9. The van der Waals surface area contributed by atoms with E-state index in [0.717, 1.165) is 52.0 Å². The number of fused-ring (bicyclic) bond motifs is 1. The van der Waals surface area contributed by atoms with E-state index in [1.807, 2.05) is 12.1 Å². The number of hydrogen-bond donors (Lipinski definition) is 2. The largest absolute Gasteiger partial charge is 0.486 e. The number of rotatable bonds is 5. The molecule has 1 fully saturated rings. The Labute approximate surface area is 154 Å². The molecule has 7 heteroatoms. The molecule has 1 aliphatic heterocycles. The van der Waals surface area contributed by atoms with Gasteiger partial charge in [0.05, 0.1) is 27.4 Å². The molecule has 4 rings (SSSR count). The van der Waals surface area contributed by atoms with Crippen molar-refractivity contribution in [3.8, 4) is 5.75 Å². The summed E-state index contributed by atoms with van der Waals surface area (Å²) in [6, 6.07) is 6.08. The summed E-state index contributed by atoms with van der Waals surface area (Å²) in [5.74, 6) is 0.810. The number of nitrogens with zero attached hydrogens (tertiary/aromatic N) is 3. The number of benzene rings is 1. The lowest BCUT2D eigenvalue weighted by molar-refractivity contribution is 0.222. The minimum absolute atomic E-state index is 0.190. The van der Waals surface area contributed by atoms with E-state index >= 15 is 0 Å². The fraction of sp³-hybridized carbons (Fsp3) is 0.278. The second-order valence-electron chi connectivity index (χ2n) is 5.96. The third-order valence-corrected chi connectivity index (χ3v) is 4.73. The fourth-order valence-corrected chi connectivity index (χ4v) is 3.31. The maximum absolute atomic E-state index is 6.16. The van der Waals surface area contributed by atoms with Crippen LogP contribution in [0.25, 0.3) is 11.0 Å². The SMILES string of the molecule is Brc1cncc(NCc2ccc3nccnc3c2)c1O[C@@H]1CCNC1. The molecule has 25 heavy (non-hydrogen) atoms. The van der Waals surface area contributed by atoms with Crippen molar-refractivity contribution >= 4 is 32.7 Å². The summed E-state index contributed by atoms with van der Waals surface area (Å²) in [7, 11) is 0. The van der Waals surface area contributed by atoms with Crippen molar-refractivity contribution in [2.24, 2.45) is 0 Å². The summed E-state index contributed by atoms with van der Waals surface area (Å²) in [5, 5.41) is 6.74. The van der Waals surface area contributed by atoms with Crippen molar-refractivity contribution < 1.29 is 4.74 Å². The van der Waals surface area contributed by atoms with Gasteiger partial charge in [0, 0.05) is 31.7 Å². The van der Waals surface area contributed by atoms with Gasteiger partial charge in [-0.2, -0.15) is 0 Å². The van der Waals surface area contributed by atoms with Gasteiger partial charge in [-0.1, -0.05) is 6.07 Å². The quantitative estimate of drug-likeness (QED) is 0.686. The molecule has 1 atom stereocenters. The highest BCUT2D eigenvalue weighted by atomic mass is 79.9. The average Bonchev–Trinajstić information content (AvgIpc) is 3.15. The molecule has 3 heterocycles. The lowest BCUT2D eigenvalue weighted by Crippen LogP contribution is -2.20. The van der Waals surface area contributed by atoms with E-state index in [4.69, 9.17) is 4.74 Å². The number of halogens is 1. The van der Waals surface area contributed by atoms with Crippen LogP contribution in [-0.2, 0) is 6.54 Å². The maximum Gasteiger partial charge on any atom is 0.160 e. The molecule has 1 saturated heterocycles. The molecule has 3 aromatic rings. The monoisotopic (exact) mass is 399 g/mol. The Hall–Kier alpha value is -2.25. The predicted octanol–water partition coefficient (Wildman–Crippen LogP) is 3.14. The Bertz CT molecular complexity index is 882. The first-order valence-electron chi connectivity index (χ1n) is 8.24. The summed E-state index contributed by atoms with van der Waals surface area (Å²) in [4.78, 5) is 12.9. The van der Waals surface area contributed by atoms with Crippen molar-refractivity contribution in [3.05, 3.63) is 53.0 Å². The summed E-state index contributed by atoms with van der Waals surface area (Å²) in [5.41, 5.74) is 3.79. The molecule has 1 aromatic carbocycles. The molecule has 0 unspecified atom stereocenters. The number of ether oxygens (including phenoxy) is 1. The number of hydrogen-bond acceptors (Lipinski definition) is 6. The number of aromatic nitrogens is 3. The minimum Gasteiger partial charge on any atom is -0.486 e. The Kier molecular flexibility index (Phi) is 4.76. The minimum atomic E-state index is 0.190. The maximum atomic E-state index is 6.16. The van der Waals surface area contributed by atoms with Crippen LogP contribution in [0.3, 0.4) is 0 Å². The molecular formula is C18H18BrN5O. The van der Waals surface area contributed by atoms with Crippen LogP contribution < -0.4 is 15.4 Å². The van der Waals surface area contributed by atoms with Gasteiger partial charge in [-0.15, -0.1) is 0 Å². The molecule has 1 aliphatic rings. The van der Waals surface area contributed by atoms with E-state index in [0.29, 0.717) is 6.54 Å². The lowest BCUT2D eigenvalue weighted by atomic mass is 10.2. The topological polar surface area (TPSA) is 72.0 Å². The Balaban J connectivity index is 1.52. The van der Waals surface area contributed by atoms with Crippen LogP contribution in [0, 0.1) is 0 Å². The smallest absolute Gasteiger partial charge is 0.160 e. The molecule has 0 radical (unpaired) electrons. The van der Waals surface area contributed by atoms with Gasteiger partial charge in [0.2, 0.25) is 0 Å². The number of anilines is 1. The Morgan fingerprint density at radius 2 is 2.08 bits per heavy atom. The van der Waals surface area contributed by atoms with Gasteiger partial charge < -0.3 is 15.4 Å². The van der Waals surface area contributed by atoms with Crippen LogP contribution in [-0.4, -0.2) is 34.1 Å². The van der Waals surface area contributed by atoms with Crippen molar-refractivity contribution in [2.45, 2.75) is 19.1 Å². The van der Waals surface area contributed by atoms with Gasteiger partial charge in [0.15, 0.2) is 5.75 Å². The van der Waals surface area contributed by atoms with Gasteiger partial charge in [0.25, 0.3) is 0 Å². The molecule has 0 saturated carbocycles. The Morgan fingerprint density at radius 1 is 1.20 bits per heavy atom. The number of pyridine rings is 1. The van der Waals surface area contributed by atoms with Crippen molar-refractivity contribution in [1.82, 2.24) is 20.3 Å². The predicted molar refractivity (Wildman–Crippen MR) is 101 cm³/mol. The van der Waals surface area contributed by atoms with Gasteiger partial charge in [-0.25, -0.2) is 0 Å².